The van der Waals surface area contributed by atoms with E-state index >= 15 is 0 Å². The molecule has 102 valence electrons. The van der Waals surface area contributed by atoms with Gasteiger partial charge in [0.1, 0.15) is 5.76 Å². The van der Waals surface area contributed by atoms with Gasteiger partial charge >= 0.3 is 0 Å². The first-order chi connectivity index (χ1) is 8.74. The zero-order chi connectivity index (χ0) is 13.0. The van der Waals surface area contributed by atoms with Gasteiger partial charge in [0, 0.05) is 25.2 Å². The highest BCUT2D eigenvalue weighted by atomic mass is 16.3. The molecule has 0 spiro atoms. The number of aliphatic hydroxyl groups is 1. The van der Waals surface area contributed by atoms with Crippen LogP contribution in [0.5, 0.6) is 0 Å². The third kappa shape index (κ3) is 2.94. The third-order valence-electron chi connectivity index (χ3n) is 3.81. The van der Waals surface area contributed by atoms with Gasteiger partial charge in [-0.05, 0) is 38.3 Å². The van der Waals surface area contributed by atoms with Crippen molar-refractivity contribution in [3.05, 3.63) is 24.2 Å². The maximum Gasteiger partial charge on any atom is 0.122 e. The van der Waals surface area contributed by atoms with Crippen LogP contribution in [0.1, 0.15) is 44.4 Å². The summed E-state index contributed by atoms with van der Waals surface area (Å²) in [5.74, 6) is 0.940. The Bertz CT molecular complexity index is 334. The SMILES string of the molecule is CC(N)C(c1ccco1)N(CCCO)C1CCC1. The van der Waals surface area contributed by atoms with E-state index in [-0.39, 0.29) is 18.7 Å². The van der Waals surface area contributed by atoms with Gasteiger partial charge in [0.25, 0.3) is 0 Å². The summed E-state index contributed by atoms with van der Waals surface area (Å²) >= 11 is 0. The molecule has 1 aromatic rings. The summed E-state index contributed by atoms with van der Waals surface area (Å²) in [6.07, 6.45) is 6.25. The van der Waals surface area contributed by atoms with Crippen LogP contribution in [-0.2, 0) is 0 Å². The molecule has 0 radical (unpaired) electrons. The number of rotatable bonds is 7. The van der Waals surface area contributed by atoms with E-state index in [0.717, 1.165) is 18.7 Å². The minimum absolute atomic E-state index is 0.0236. The molecule has 1 saturated carbocycles. The Kier molecular flexibility index (Phi) is 4.80. The molecule has 0 aromatic carbocycles. The average molecular weight is 252 g/mol. The van der Waals surface area contributed by atoms with Crippen molar-refractivity contribution in [2.75, 3.05) is 13.2 Å². The van der Waals surface area contributed by atoms with Gasteiger partial charge in [-0.3, -0.25) is 4.90 Å². The first kappa shape index (κ1) is 13.6. The van der Waals surface area contributed by atoms with Crippen LogP contribution in [0.2, 0.25) is 0 Å². The van der Waals surface area contributed by atoms with E-state index in [1.165, 1.54) is 19.3 Å². The molecular weight excluding hydrogens is 228 g/mol. The fraction of sp³-hybridized carbons (Fsp3) is 0.714. The lowest BCUT2D eigenvalue weighted by atomic mass is 9.88. The Morgan fingerprint density at radius 1 is 1.56 bits per heavy atom. The van der Waals surface area contributed by atoms with E-state index in [2.05, 4.69) is 4.90 Å². The minimum Gasteiger partial charge on any atom is -0.468 e. The summed E-state index contributed by atoms with van der Waals surface area (Å²) in [7, 11) is 0. The number of nitrogens with two attached hydrogens (primary N) is 1. The molecule has 4 heteroatoms. The molecule has 0 aliphatic heterocycles. The molecule has 18 heavy (non-hydrogen) atoms. The molecule has 0 saturated heterocycles. The summed E-state index contributed by atoms with van der Waals surface area (Å²) in [6.45, 7) is 3.14. The van der Waals surface area contributed by atoms with Gasteiger partial charge in [0.05, 0.1) is 12.3 Å². The van der Waals surface area contributed by atoms with Crippen LogP contribution in [0.4, 0.5) is 0 Å². The molecule has 2 rings (SSSR count). The maximum absolute atomic E-state index is 9.06. The number of furan rings is 1. The van der Waals surface area contributed by atoms with Gasteiger partial charge in [-0.15, -0.1) is 0 Å². The molecule has 1 heterocycles. The van der Waals surface area contributed by atoms with Crippen LogP contribution < -0.4 is 5.73 Å². The van der Waals surface area contributed by atoms with Gasteiger partial charge < -0.3 is 15.3 Å². The fourth-order valence-electron chi connectivity index (χ4n) is 2.70. The van der Waals surface area contributed by atoms with E-state index < -0.39 is 0 Å². The Labute approximate surface area is 109 Å². The number of hydrogen-bond donors (Lipinski definition) is 2. The van der Waals surface area contributed by atoms with Crippen LogP contribution >= 0.6 is 0 Å². The second-order valence-electron chi connectivity index (χ2n) is 5.22. The summed E-state index contributed by atoms with van der Waals surface area (Å²) in [5, 5.41) is 9.06. The van der Waals surface area contributed by atoms with Gasteiger partial charge in [-0.2, -0.15) is 0 Å². The van der Waals surface area contributed by atoms with E-state index in [4.69, 9.17) is 15.3 Å². The van der Waals surface area contributed by atoms with Crippen molar-refractivity contribution in [2.24, 2.45) is 5.73 Å². The van der Waals surface area contributed by atoms with Gasteiger partial charge in [0.15, 0.2) is 0 Å². The van der Waals surface area contributed by atoms with Crippen molar-refractivity contribution < 1.29 is 9.52 Å². The first-order valence-electron chi connectivity index (χ1n) is 6.89. The fourth-order valence-corrected chi connectivity index (χ4v) is 2.70. The second kappa shape index (κ2) is 6.36. The predicted molar refractivity (Wildman–Crippen MR) is 71.1 cm³/mol. The molecule has 0 amide bonds. The standard InChI is InChI=1S/C14H24N2O2/c1-11(15)14(13-7-3-10-18-13)16(8-4-9-17)12-5-2-6-12/h3,7,10-12,14,17H,2,4-6,8-9,15H2,1H3. The van der Waals surface area contributed by atoms with Gasteiger partial charge in [-0.1, -0.05) is 6.42 Å². The first-order valence-corrected chi connectivity index (χ1v) is 6.89. The molecule has 0 bridgehead atoms. The Morgan fingerprint density at radius 2 is 2.33 bits per heavy atom. The molecule has 1 aliphatic rings. The van der Waals surface area contributed by atoms with E-state index in [9.17, 15) is 0 Å². The molecule has 2 unspecified atom stereocenters. The van der Waals surface area contributed by atoms with Crippen molar-refractivity contribution in [2.45, 2.75) is 50.7 Å². The van der Waals surface area contributed by atoms with Crippen LogP contribution in [-0.4, -0.2) is 35.2 Å². The third-order valence-corrected chi connectivity index (χ3v) is 3.81. The van der Waals surface area contributed by atoms with E-state index in [0.29, 0.717) is 6.04 Å². The average Bonchev–Trinajstić information content (AvgIpc) is 2.76. The summed E-state index contributed by atoms with van der Waals surface area (Å²) in [4.78, 5) is 2.42. The Morgan fingerprint density at radius 3 is 2.78 bits per heavy atom. The van der Waals surface area contributed by atoms with Crippen molar-refractivity contribution in [1.82, 2.24) is 4.90 Å². The lowest BCUT2D eigenvalue weighted by Gasteiger charge is -2.43. The maximum atomic E-state index is 9.06. The summed E-state index contributed by atoms with van der Waals surface area (Å²) < 4.78 is 5.55. The molecule has 4 nitrogen and oxygen atoms in total. The predicted octanol–water partition coefficient (Wildman–Crippen LogP) is 1.90. The lowest BCUT2D eigenvalue weighted by molar-refractivity contribution is 0.0511. The van der Waals surface area contributed by atoms with Crippen molar-refractivity contribution in [1.29, 1.82) is 0 Å². The van der Waals surface area contributed by atoms with Crippen LogP contribution in [0.3, 0.4) is 0 Å². The highest BCUT2D eigenvalue weighted by molar-refractivity contribution is 5.08. The molecule has 1 aliphatic carbocycles. The normalized spacial score (nSPS) is 19.8. The minimum atomic E-state index is 0.0236. The van der Waals surface area contributed by atoms with Gasteiger partial charge in [-0.25, -0.2) is 0 Å². The van der Waals surface area contributed by atoms with Crippen molar-refractivity contribution >= 4 is 0 Å². The molecule has 2 atom stereocenters. The largest absolute Gasteiger partial charge is 0.468 e. The Hall–Kier alpha value is -0.840. The van der Waals surface area contributed by atoms with E-state index in [1.807, 2.05) is 19.1 Å². The second-order valence-corrected chi connectivity index (χ2v) is 5.22. The monoisotopic (exact) mass is 252 g/mol. The summed E-state index contributed by atoms with van der Waals surface area (Å²) in [5.41, 5.74) is 6.15. The highest BCUT2D eigenvalue weighted by Crippen LogP contribution is 2.34. The Balaban J connectivity index is 2.13. The topological polar surface area (TPSA) is 62.6 Å². The number of hydrogen-bond acceptors (Lipinski definition) is 4. The molecule has 3 N–H and O–H groups in total. The van der Waals surface area contributed by atoms with Gasteiger partial charge in [0.2, 0.25) is 0 Å². The number of aliphatic hydroxyl groups excluding tert-OH is 1. The van der Waals surface area contributed by atoms with Crippen molar-refractivity contribution in [3.8, 4) is 0 Å². The van der Waals surface area contributed by atoms with Crippen LogP contribution in [0.15, 0.2) is 22.8 Å². The van der Waals surface area contributed by atoms with E-state index in [1.54, 1.807) is 6.26 Å². The highest BCUT2D eigenvalue weighted by Gasteiger charge is 2.34. The molecule has 1 aromatic heterocycles. The molecular formula is C14H24N2O2. The van der Waals surface area contributed by atoms with Crippen LogP contribution in [0.25, 0.3) is 0 Å². The van der Waals surface area contributed by atoms with Crippen molar-refractivity contribution in [3.63, 3.8) is 0 Å². The smallest absolute Gasteiger partial charge is 0.122 e. The zero-order valence-electron chi connectivity index (χ0n) is 11.1. The zero-order valence-corrected chi connectivity index (χ0v) is 11.1. The quantitative estimate of drug-likeness (QED) is 0.778. The summed E-state index contributed by atoms with van der Waals surface area (Å²) in [6, 6.07) is 4.65. The van der Waals surface area contributed by atoms with Crippen LogP contribution in [0, 0.1) is 0 Å². The molecule has 1 fully saturated rings. The lowest BCUT2D eigenvalue weighted by Crippen LogP contribution is -2.48. The number of nitrogens with zero attached hydrogens (tertiary/aromatic N) is 1.